The van der Waals surface area contributed by atoms with E-state index in [1.807, 2.05) is 0 Å². The van der Waals surface area contributed by atoms with Crippen LogP contribution in [0.5, 0.6) is 0 Å². The molecule has 0 aromatic carbocycles. The third-order valence-electron chi connectivity index (χ3n) is 4.44. The molecule has 2 aliphatic rings. The highest BCUT2D eigenvalue weighted by atomic mass is 16.7. The largest absolute Gasteiger partial charge is 0.356 e. The number of nitrogens with one attached hydrogen (secondary N) is 2. The molecule has 0 aromatic rings. The standard InChI is InChI=1S/C17H32N4O3/c1-4-10-18-16(20-12-15(22)21(2)3)19-11-14-13-23-17(24-14)8-6-5-7-9-17/h14H,4-13H2,1-3H3,(H2,18,19,20). The lowest BCUT2D eigenvalue weighted by Gasteiger charge is -2.31. The molecule has 1 heterocycles. The van der Waals surface area contributed by atoms with Crippen LogP contribution in [0.1, 0.15) is 45.4 Å². The van der Waals surface area contributed by atoms with Gasteiger partial charge in [-0.2, -0.15) is 0 Å². The van der Waals surface area contributed by atoms with Gasteiger partial charge in [-0.05, 0) is 19.3 Å². The molecule has 1 spiro atoms. The topological polar surface area (TPSA) is 75.2 Å². The van der Waals surface area contributed by atoms with Crippen molar-refractivity contribution in [1.29, 1.82) is 0 Å². The Morgan fingerprint density at radius 2 is 2.00 bits per heavy atom. The molecule has 1 aliphatic heterocycles. The van der Waals surface area contributed by atoms with Crippen LogP contribution in [0.25, 0.3) is 0 Å². The molecule has 1 amide bonds. The van der Waals surface area contributed by atoms with Gasteiger partial charge in [0.15, 0.2) is 11.7 Å². The molecule has 7 heteroatoms. The SMILES string of the molecule is CCCNC(=NCC(=O)N(C)C)NCC1COC2(CCCCC2)O1. The van der Waals surface area contributed by atoms with Crippen LogP contribution in [-0.4, -0.2) is 69.0 Å². The van der Waals surface area contributed by atoms with E-state index in [-0.39, 0.29) is 24.3 Å². The van der Waals surface area contributed by atoms with Crippen LogP contribution in [0, 0.1) is 0 Å². The number of rotatable bonds is 6. The summed E-state index contributed by atoms with van der Waals surface area (Å²) in [5.74, 6) is 0.286. The number of carbonyl (C=O) groups excluding carboxylic acids is 1. The number of amides is 1. The van der Waals surface area contributed by atoms with Crippen molar-refractivity contribution in [2.75, 3.05) is 40.3 Å². The van der Waals surface area contributed by atoms with E-state index in [2.05, 4.69) is 22.5 Å². The van der Waals surface area contributed by atoms with Crippen LogP contribution in [0.15, 0.2) is 4.99 Å². The van der Waals surface area contributed by atoms with E-state index >= 15 is 0 Å². The third-order valence-corrected chi connectivity index (χ3v) is 4.44. The van der Waals surface area contributed by atoms with Crippen molar-refractivity contribution in [3.05, 3.63) is 0 Å². The van der Waals surface area contributed by atoms with Crippen LogP contribution in [0.2, 0.25) is 0 Å². The summed E-state index contributed by atoms with van der Waals surface area (Å²) in [4.78, 5) is 17.6. The Morgan fingerprint density at radius 3 is 2.67 bits per heavy atom. The van der Waals surface area contributed by atoms with Gasteiger partial charge < -0.3 is 25.0 Å². The summed E-state index contributed by atoms with van der Waals surface area (Å²) in [6, 6.07) is 0. The fraction of sp³-hybridized carbons (Fsp3) is 0.882. The number of ether oxygens (including phenoxy) is 2. The van der Waals surface area contributed by atoms with Gasteiger partial charge in [0.25, 0.3) is 0 Å². The predicted octanol–water partition coefficient (Wildman–Crippen LogP) is 1.10. The van der Waals surface area contributed by atoms with E-state index in [9.17, 15) is 4.79 Å². The normalized spacial score (nSPS) is 23.3. The van der Waals surface area contributed by atoms with Crippen LogP contribution in [0.3, 0.4) is 0 Å². The molecule has 0 aromatic heterocycles. The van der Waals surface area contributed by atoms with E-state index in [0.29, 0.717) is 19.1 Å². The number of guanidine groups is 1. The zero-order valence-electron chi connectivity index (χ0n) is 15.3. The number of likely N-dealkylation sites (N-methyl/N-ethyl adjacent to an activating group) is 1. The second kappa shape index (κ2) is 9.22. The molecule has 1 aliphatic carbocycles. The van der Waals surface area contributed by atoms with E-state index in [1.165, 1.54) is 19.3 Å². The van der Waals surface area contributed by atoms with Gasteiger partial charge in [0.05, 0.1) is 6.61 Å². The van der Waals surface area contributed by atoms with Crippen molar-refractivity contribution in [2.45, 2.75) is 57.3 Å². The summed E-state index contributed by atoms with van der Waals surface area (Å²) in [7, 11) is 3.47. The molecule has 2 N–H and O–H groups in total. The highest BCUT2D eigenvalue weighted by molar-refractivity contribution is 5.84. The van der Waals surface area contributed by atoms with Gasteiger partial charge in [-0.1, -0.05) is 13.3 Å². The first-order valence-electron chi connectivity index (χ1n) is 9.09. The highest BCUT2D eigenvalue weighted by Crippen LogP contribution is 2.37. The lowest BCUT2D eigenvalue weighted by Crippen LogP contribution is -2.43. The van der Waals surface area contributed by atoms with Gasteiger partial charge in [0.2, 0.25) is 5.91 Å². The number of hydrogen-bond donors (Lipinski definition) is 2. The van der Waals surface area contributed by atoms with Gasteiger partial charge in [-0.25, -0.2) is 4.99 Å². The smallest absolute Gasteiger partial charge is 0.243 e. The Bertz CT molecular complexity index is 434. The summed E-state index contributed by atoms with van der Waals surface area (Å²) in [5, 5.41) is 6.51. The Balaban J connectivity index is 1.81. The van der Waals surface area contributed by atoms with Gasteiger partial charge in [-0.15, -0.1) is 0 Å². The average Bonchev–Trinajstić information content (AvgIpc) is 2.96. The molecular formula is C17H32N4O3. The monoisotopic (exact) mass is 340 g/mol. The lowest BCUT2D eigenvalue weighted by molar-refractivity contribution is -0.186. The molecular weight excluding hydrogens is 308 g/mol. The molecule has 1 atom stereocenters. The van der Waals surface area contributed by atoms with Gasteiger partial charge in [-0.3, -0.25) is 4.79 Å². The number of hydrogen-bond acceptors (Lipinski definition) is 4. The van der Waals surface area contributed by atoms with Crippen molar-refractivity contribution >= 4 is 11.9 Å². The van der Waals surface area contributed by atoms with Crippen molar-refractivity contribution in [2.24, 2.45) is 4.99 Å². The fourth-order valence-electron chi connectivity index (χ4n) is 2.99. The van der Waals surface area contributed by atoms with Crippen molar-refractivity contribution < 1.29 is 14.3 Å². The highest BCUT2D eigenvalue weighted by Gasteiger charge is 2.42. The zero-order chi connectivity index (χ0) is 17.4. The maximum absolute atomic E-state index is 11.7. The Kier molecular flexibility index (Phi) is 7.30. The number of aliphatic imine (C=N–C) groups is 1. The Morgan fingerprint density at radius 1 is 1.25 bits per heavy atom. The Labute approximate surface area is 145 Å². The van der Waals surface area contributed by atoms with Gasteiger partial charge in [0, 0.05) is 40.0 Å². The fourth-order valence-corrected chi connectivity index (χ4v) is 2.99. The minimum absolute atomic E-state index is 0.0193. The zero-order valence-corrected chi connectivity index (χ0v) is 15.3. The van der Waals surface area contributed by atoms with Crippen molar-refractivity contribution in [1.82, 2.24) is 15.5 Å². The maximum Gasteiger partial charge on any atom is 0.243 e. The first kappa shape index (κ1) is 19.0. The minimum atomic E-state index is -0.348. The van der Waals surface area contributed by atoms with E-state index in [0.717, 1.165) is 25.8 Å². The summed E-state index contributed by atoms with van der Waals surface area (Å²) >= 11 is 0. The molecule has 1 saturated carbocycles. The molecule has 2 rings (SSSR count). The summed E-state index contributed by atoms with van der Waals surface area (Å²) in [5.41, 5.74) is 0. The van der Waals surface area contributed by atoms with Crippen LogP contribution >= 0.6 is 0 Å². The molecule has 24 heavy (non-hydrogen) atoms. The van der Waals surface area contributed by atoms with Crippen molar-refractivity contribution in [3.63, 3.8) is 0 Å². The lowest BCUT2D eigenvalue weighted by atomic mass is 9.94. The molecule has 7 nitrogen and oxygen atoms in total. The summed E-state index contributed by atoms with van der Waals surface area (Å²) < 4.78 is 12.1. The second-order valence-corrected chi connectivity index (χ2v) is 6.78. The third kappa shape index (κ3) is 5.63. The summed E-state index contributed by atoms with van der Waals surface area (Å²) in [6.07, 6.45) is 6.64. The Hall–Kier alpha value is -1.34. The van der Waals surface area contributed by atoms with E-state index < -0.39 is 0 Å². The molecule has 138 valence electrons. The first-order valence-corrected chi connectivity index (χ1v) is 9.09. The number of nitrogens with zero attached hydrogens (tertiary/aromatic N) is 2. The molecule has 0 radical (unpaired) electrons. The number of carbonyl (C=O) groups is 1. The van der Waals surface area contributed by atoms with Gasteiger partial charge in [0.1, 0.15) is 12.6 Å². The van der Waals surface area contributed by atoms with E-state index in [4.69, 9.17) is 9.47 Å². The predicted molar refractivity (Wildman–Crippen MR) is 93.9 cm³/mol. The molecule has 0 bridgehead atoms. The van der Waals surface area contributed by atoms with Gasteiger partial charge >= 0.3 is 0 Å². The van der Waals surface area contributed by atoms with Crippen molar-refractivity contribution in [3.8, 4) is 0 Å². The van der Waals surface area contributed by atoms with Crippen LogP contribution in [-0.2, 0) is 14.3 Å². The minimum Gasteiger partial charge on any atom is -0.356 e. The average molecular weight is 340 g/mol. The molecule has 1 saturated heterocycles. The maximum atomic E-state index is 11.7. The summed E-state index contributed by atoms with van der Waals surface area (Å²) in [6.45, 7) is 4.29. The molecule has 1 unspecified atom stereocenters. The van der Waals surface area contributed by atoms with Crippen LogP contribution in [0.4, 0.5) is 0 Å². The van der Waals surface area contributed by atoms with Crippen LogP contribution < -0.4 is 10.6 Å². The molecule has 2 fully saturated rings. The quantitative estimate of drug-likeness (QED) is 0.559. The second-order valence-electron chi connectivity index (χ2n) is 6.78. The first-order chi connectivity index (χ1) is 11.5. The van der Waals surface area contributed by atoms with E-state index in [1.54, 1.807) is 19.0 Å².